The van der Waals surface area contributed by atoms with Crippen molar-refractivity contribution in [2.24, 2.45) is 5.73 Å². The maximum Gasteiger partial charge on any atom is 0.326 e. The monoisotopic (exact) mass is 216 g/mol. The third kappa shape index (κ3) is 5.14. The minimum atomic E-state index is -0.904. The van der Waals surface area contributed by atoms with Gasteiger partial charge in [0.15, 0.2) is 0 Å². The molecule has 15 heavy (non-hydrogen) atoms. The van der Waals surface area contributed by atoms with Crippen LogP contribution in [0.4, 0.5) is 0 Å². The van der Waals surface area contributed by atoms with Crippen molar-refractivity contribution in [3.05, 3.63) is 0 Å². The molecular formula is C11H24N2O2. The van der Waals surface area contributed by atoms with Gasteiger partial charge in [0.05, 0.1) is 7.11 Å². The lowest BCUT2D eigenvalue weighted by Gasteiger charge is -2.30. The molecule has 0 aliphatic rings. The quantitative estimate of drug-likeness (QED) is 0.645. The summed E-state index contributed by atoms with van der Waals surface area (Å²) in [5, 5.41) is 0. The van der Waals surface area contributed by atoms with Crippen LogP contribution in [-0.4, -0.2) is 43.2 Å². The fraction of sp³-hybridized carbons (Fsp3) is 0.909. The van der Waals surface area contributed by atoms with E-state index in [0.29, 0.717) is 6.54 Å². The lowest BCUT2D eigenvalue weighted by atomic mass is 10.0. The molecule has 0 radical (unpaired) electrons. The van der Waals surface area contributed by atoms with Gasteiger partial charge in [-0.2, -0.15) is 0 Å². The molecule has 0 saturated carbocycles. The summed E-state index contributed by atoms with van der Waals surface area (Å²) in [6.07, 6.45) is 2.13. The third-order valence-electron chi connectivity index (χ3n) is 2.28. The van der Waals surface area contributed by atoms with Gasteiger partial charge in [-0.05, 0) is 32.9 Å². The van der Waals surface area contributed by atoms with Crippen molar-refractivity contribution in [1.29, 1.82) is 0 Å². The average Bonchev–Trinajstić information content (AvgIpc) is 2.16. The summed E-state index contributed by atoms with van der Waals surface area (Å²) in [4.78, 5) is 13.6. The number of nitrogens with zero attached hydrogens (tertiary/aromatic N) is 1. The Morgan fingerprint density at radius 3 is 2.13 bits per heavy atom. The molecular weight excluding hydrogens is 192 g/mol. The molecule has 0 amide bonds. The van der Waals surface area contributed by atoms with E-state index in [9.17, 15) is 4.79 Å². The van der Waals surface area contributed by atoms with Crippen LogP contribution in [0.3, 0.4) is 0 Å². The summed E-state index contributed by atoms with van der Waals surface area (Å²) in [6, 6.07) is 0. The van der Waals surface area contributed by atoms with E-state index < -0.39 is 5.54 Å². The van der Waals surface area contributed by atoms with Gasteiger partial charge in [0.2, 0.25) is 0 Å². The van der Waals surface area contributed by atoms with Crippen molar-refractivity contribution in [2.45, 2.75) is 39.2 Å². The third-order valence-corrected chi connectivity index (χ3v) is 2.28. The van der Waals surface area contributed by atoms with Crippen molar-refractivity contribution < 1.29 is 9.53 Å². The highest BCUT2D eigenvalue weighted by Crippen LogP contribution is 2.06. The van der Waals surface area contributed by atoms with Gasteiger partial charge in [-0.25, -0.2) is 0 Å². The van der Waals surface area contributed by atoms with Crippen LogP contribution in [0, 0.1) is 0 Å². The van der Waals surface area contributed by atoms with Crippen molar-refractivity contribution in [3.63, 3.8) is 0 Å². The van der Waals surface area contributed by atoms with E-state index >= 15 is 0 Å². The van der Waals surface area contributed by atoms with Crippen LogP contribution < -0.4 is 5.73 Å². The molecule has 2 N–H and O–H groups in total. The van der Waals surface area contributed by atoms with Gasteiger partial charge >= 0.3 is 5.97 Å². The summed E-state index contributed by atoms with van der Waals surface area (Å²) < 4.78 is 4.68. The second-order valence-corrected chi connectivity index (χ2v) is 4.19. The molecule has 0 aliphatic carbocycles. The molecule has 0 fully saturated rings. The first kappa shape index (κ1) is 14.4. The largest absolute Gasteiger partial charge is 0.468 e. The molecule has 0 bridgehead atoms. The molecule has 0 rings (SSSR count). The molecule has 0 spiro atoms. The topological polar surface area (TPSA) is 55.6 Å². The minimum absolute atomic E-state index is 0.347. The lowest BCUT2D eigenvalue weighted by molar-refractivity contribution is -0.147. The van der Waals surface area contributed by atoms with Crippen LogP contribution >= 0.6 is 0 Å². The molecule has 4 heteroatoms. The number of nitrogens with two attached hydrogens (primary N) is 1. The fourth-order valence-electron chi connectivity index (χ4n) is 1.66. The van der Waals surface area contributed by atoms with Gasteiger partial charge in [0.1, 0.15) is 5.54 Å². The van der Waals surface area contributed by atoms with Crippen LogP contribution in [0.5, 0.6) is 0 Å². The number of hydrogen-bond donors (Lipinski definition) is 1. The van der Waals surface area contributed by atoms with E-state index in [-0.39, 0.29) is 5.97 Å². The van der Waals surface area contributed by atoms with Crippen molar-refractivity contribution in [2.75, 3.05) is 26.7 Å². The smallest absolute Gasteiger partial charge is 0.326 e. The SMILES string of the molecule is CCCN(CCC)CC(C)(N)C(=O)OC. The van der Waals surface area contributed by atoms with Crippen molar-refractivity contribution in [1.82, 2.24) is 4.90 Å². The van der Waals surface area contributed by atoms with Crippen LogP contribution in [0.25, 0.3) is 0 Å². The standard InChI is InChI=1S/C11H24N2O2/c1-5-7-13(8-6-2)9-11(3,12)10(14)15-4/h5-9,12H2,1-4H3. The summed E-state index contributed by atoms with van der Waals surface area (Å²) in [5.74, 6) is -0.347. The Morgan fingerprint density at radius 1 is 1.33 bits per heavy atom. The number of carbonyl (C=O) groups is 1. The van der Waals surface area contributed by atoms with Gasteiger partial charge in [-0.1, -0.05) is 13.8 Å². The van der Waals surface area contributed by atoms with Crippen LogP contribution in [0.15, 0.2) is 0 Å². The van der Waals surface area contributed by atoms with Gasteiger partial charge in [-0.3, -0.25) is 4.79 Å². The second kappa shape index (κ2) is 6.80. The molecule has 4 nitrogen and oxygen atoms in total. The Labute approximate surface area is 92.8 Å². The summed E-state index contributed by atoms with van der Waals surface area (Å²) in [5.41, 5.74) is 5.01. The molecule has 1 atom stereocenters. The minimum Gasteiger partial charge on any atom is -0.468 e. The predicted octanol–water partition coefficient (Wildman–Crippen LogP) is 0.999. The van der Waals surface area contributed by atoms with Crippen LogP contribution in [0.1, 0.15) is 33.6 Å². The molecule has 0 aromatic heterocycles. The first-order valence-electron chi connectivity index (χ1n) is 5.57. The highest BCUT2D eigenvalue weighted by molar-refractivity contribution is 5.80. The van der Waals surface area contributed by atoms with E-state index in [1.807, 2.05) is 0 Å². The molecule has 0 heterocycles. The van der Waals surface area contributed by atoms with Crippen molar-refractivity contribution >= 4 is 5.97 Å². The van der Waals surface area contributed by atoms with Crippen LogP contribution in [-0.2, 0) is 9.53 Å². The molecule has 0 aliphatic heterocycles. The van der Waals surface area contributed by atoms with E-state index in [2.05, 4.69) is 23.5 Å². The zero-order chi connectivity index (χ0) is 11.9. The van der Waals surface area contributed by atoms with E-state index in [4.69, 9.17) is 5.73 Å². The Balaban J connectivity index is 4.29. The first-order valence-corrected chi connectivity index (χ1v) is 5.57. The number of hydrogen-bond acceptors (Lipinski definition) is 4. The first-order chi connectivity index (χ1) is 6.97. The highest BCUT2D eigenvalue weighted by atomic mass is 16.5. The molecule has 0 saturated heterocycles. The normalized spacial score (nSPS) is 15.1. The summed E-state index contributed by atoms with van der Waals surface area (Å²) >= 11 is 0. The molecule has 0 aromatic carbocycles. The number of esters is 1. The maximum absolute atomic E-state index is 11.4. The zero-order valence-electron chi connectivity index (χ0n) is 10.4. The average molecular weight is 216 g/mol. The van der Waals surface area contributed by atoms with E-state index in [1.54, 1.807) is 6.92 Å². The molecule has 0 aromatic rings. The Morgan fingerprint density at radius 2 is 1.80 bits per heavy atom. The summed E-state index contributed by atoms with van der Waals surface area (Å²) in [7, 11) is 1.37. The highest BCUT2D eigenvalue weighted by Gasteiger charge is 2.31. The van der Waals surface area contributed by atoms with E-state index in [0.717, 1.165) is 25.9 Å². The van der Waals surface area contributed by atoms with Gasteiger partial charge in [0.25, 0.3) is 0 Å². The number of rotatable bonds is 7. The van der Waals surface area contributed by atoms with Gasteiger partial charge in [-0.15, -0.1) is 0 Å². The lowest BCUT2D eigenvalue weighted by Crippen LogP contribution is -2.54. The van der Waals surface area contributed by atoms with Gasteiger partial charge < -0.3 is 15.4 Å². The zero-order valence-corrected chi connectivity index (χ0v) is 10.4. The maximum atomic E-state index is 11.4. The summed E-state index contributed by atoms with van der Waals surface area (Å²) in [6.45, 7) is 8.46. The predicted molar refractivity (Wildman–Crippen MR) is 61.6 cm³/mol. The van der Waals surface area contributed by atoms with Crippen LogP contribution in [0.2, 0.25) is 0 Å². The Kier molecular flexibility index (Phi) is 6.52. The Hall–Kier alpha value is -0.610. The second-order valence-electron chi connectivity index (χ2n) is 4.19. The van der Waals surface area contributed by atoms with E-state index in [1.165, 1.54) is 7.11 Å². The van der Waals surface area contributed by atoms with Gasteiger partial charge in [0, 0.05) is 6.54 Å². The molecule has 1 unspecified atom stereocenters. The number of methoxy groups -OCH3 is 1. The molecule has 90 valence electrons. The van der Waals surface area contributed by atoms with Crippen molar-refractivity contribution in [3.8, 4) is 0 Å². The Bertz CT molecular complexity index is 187. The fourth-order valence-corrected chi connectivity index (χ4v) is 1.66. The number of carbonyl (C=O) groups excluding carboxylic acids is 1. The number of ether oxygens (including phenoxy) is 1.